The van der Waals surface area contributed by atoms with Crippen molar-refractivity contribution in [3.05, 3.63) is 0 Å². The molecule has 5 heteroatoms. The van der Waals surface area contributed by atoms with Crippen molar-refractivity contribution in [2.24, 2.45) is 11.7 Å². The van der Waals surface area contributed by atoms with Crippen LogP contribution in [-0.4, -0.2) is 36.2 Å². The molecule has 2 nitrogen and oxygen atoms in total. The van der Waals surface area contributed by atoms with E-state index in [0.717, 1.165) is 19.3 Å². The van der Waals surface area contributed by atoms with Crippen molar-refractivity contribution in [1.29, 1.82) is 0 Å². The maximum Gasteiger partial charge on any atom is 0.405 e. The van der Waals surface area contributed by atoms with Gasteiger partial charge in [0.1, 0.15) is 6.04 Å². The Kier molecular flexibility index (Phi) is 4.62. The van der Waals surface area contributed by atoms with Crippen molar-refractivity contribution in [3.63, 3.8) is 0 Å². The molecule has 0 aromatic rings. The van der Waals surface area contributed by atoms with Crippen LogP contribution in [0, 0.1) is 5.92 Å². The van der Waals surface area contributed by atoms with Crippen molar-refractivity contribution in [3.8, 4) is 0 Å². The zero-order valence-electron chi connectivity index (χ0n) is 9.93. The minimum absolute atomic E-state index is 0.405. The van der Waals surface area contributed by atoms with E-state index in [4.69, 9.17) is 5.73 Å². The number of nitrogens with two attached hydrogens (primary N) is 1. The fourth-order valence-corrected chi connectivity index (χ4v) is 2.28. The summed E-state index contributed by atoms with van der Waals surface area (Å²) in [6.07, 6.45) is -0.967. The molecule has 16 heavy (non-hydrogen) atoms. The maximum absolute atomic E-state index is 12.9. The third-order valence-corrected chi connectivity index (χ3v) is 3.35. The molecular weight excluding hydrogens is 217 g/mol. The number of hydrogen-bond acceptors (Lipinski definition) is 2. The van der Waals surface area contributed by atoms with E-state index in [-0.39, 0.29) is 0 Å². The zero-order chi connectivity index (χ0) is 12.3. The molecule has 96 valence electrons. The van der Waals surface area contributed by atoms with E-state index in [0.29, 0.717) is 19.0 Å². The second-order valence-electron chi connectivity index (χ2n) is 4.73. The quantitative estimate of drug-likeness (QED) is 0.796. The van der Waals surface area contributed by atoms with E-state index in [1.54, 1.807) is 6.92 Å². The first-order chi connectivity index (χ1) is 7.36. The summed E-state index contributed by atoms with van der Waals surface area (Å²) >= 11 is 0. The zero-order valence-corrected chi connectivity index (χ0v) is 9.93. The fourth-order valence-electron chi connectivity index (χ4n) is 2.28. The molecule has 1 saturated carbocycles. The summed E-state index contributed by atoms with van der Waals surface area (Å²) in [7, 11) is 0. The van der Waals surface area contributed by atoms with Gasteiger partial charge in [0.05, 0.1) is 0 Å². The second kappa shape index (κ2) is 5.36. The van der Waals surface area contributed by atoms with Gasteiger partial charge < -0.3 is 5.73 Å². The average Bonchev–Trinajstić information content (AvgIpc) is 2.05. The van der Waals surface area contributed by atoms with Crippen LogP contribution < -0.4 is 5.73 Å². The van der Waals surface area contributed by atoms with Crippen molar-refractivity contribution < 1.29 is 13.2 Å². The molecule has 0 heterocycles. The fraction of sp³-hybridized carbons (Fsp3) is 1.00. The summed E-state index contributed by atoms with van der Waals surface area (Å²) in [4.78, 5) is 1.48. The number of halogens is 3. The number of hydrogen-bond donors (Lipinski definition) is 1. The minimum atomic E-state index is -4.23. The van der Waals surface area contributed by atoms with E-state index in [1.165, 1.54) is 11.8 Å². The summed E-state index contributed by atoms with van der Waals surface area (Å²) in [5.41, 5.74) is 5.47. The van der Waals surface area contributed by atoms with Crippen LogP contribution in [-0.2, 0) is 0 Å². The summed E-state index contributed by atoms with van der Waals surface area (Å²) in [5, 5.41) is 0. The molecule has 0 aromatic carbocycles. The van der Waals surface area contributed by atoms with Crippen LogP contribution in [0.3, 0.4) is 0 Å². The molecule has 1 aliphatic rings. The van der Waals surface area contributed by atoms with Crippen LogP contribution >= 0.6 is 0 Å². The third kappa shape index (κ3) is 3.35. The highest BCUT2D eigenvalue weighted by Gasteiger charge is 2.45. The topological polar surface area (TPSA) is 29.3 Å². The smallest absolute Gasteiger partial charge is 0.326 e. The first-order valence-electron chi connectivity index (χ1n) is 5.92. The number of likely N-dealkylation sites (N-methyl/N-ethyl adjacent to an activating group) is 1. The molecule has 0 aliphatic heterocycles. The van der Waals surface area contributed by atoms with Gasteiger partial charge in [-0.05, 0) is 32.2 Å². The monoisotopic (exact) mass is 238 g/mol. The summed E-state index contributed by atoms with van der Waals surface area (Å²) in [5.74, 6) is 0.434. The molecule has 2 unspecified atom stereocenters. The molecule has 1 aliphatic carbocycles. The highest BCUT2D eigenvalue weighted by Crippen LogP contribution is 2.31. The van der Waals surface area contributed by atoms with Crippen LogP contribution in [0.25, 0.3) is 0 Å². The van der Waals surface area contributed by atoms with E-state index < -0.39 is 18.3 Å². The molecule has 0 spiro atoms. The lowest BCUT2D eigenvalue weighted by atomic mass is 9.84. The average molecular weight is 238 g/mol. The van der Waals surface area contributed by atoms with Gasteiger partial charge in [0.25, 0.3) is 0 Å². The van der Waals surface area contributed by atoms with Crippen LogP contribution in [0.4, 0.5) is 13.2 Å². The van der Waals surface area contributed by atoms with Gasteiger partial charge in [0, 0.05) is 12.6 Å². The molecule has 2 atom stereocenters. The van der Waals surface area contributed by atoms with Gasteiger partial charge >= 0.3 is 6.18 Å². The van der Waals surface area contributed by atoms with Crippen molar-refractivity contribution in [2.75, 3.05) is 13.1 Å². The molecule has 0 amide bonds. The molecule has 0 bridgehead atoms. The highest BCUT2D eigenvalue weighted by molar-refractivity contribution is 4.87. The lowest BCUT2D eigenvalue weighted by Crippen LogP contribution is -2.56. The van der Waals surface area contributed by atoms with Gasteiger partial charge in [-0.3, -0.25) is 4.90 Å². The predicted octanol–water partition coefficient (Wildman–Crippen LogP) is 2.39. The van der Waals surface area contributed by atoms with Gasteiger partial charge in [-0.15, -0.1) is 0 Å². The molecule has 1 fully saturated rings. The largest absolute Gasteiger partial charge is 0.405 e. The van der Waals surface area contributed by atoms with Gasteiger partial charge in [0.15, 0.2) is 0 Å². The Morgan fingerprint density at radius 1 is 1.38 bits per heavy atom. The Hall–Kier alpha value is -0.290. The lowest BCUT2D eigenvalue weighted by Gasteiger charge is -2.39. The van der Waals surface area contributed by atoms with Gasteiger partial charge in [-0.1, -0.05) is 13.3 Å². The Bertz CT molecular complexity index is 212. The van der Waals surface area contributed by atoms with Crippen molar-refractivity contribution >= 4 is 0 Å². The summed E-state index contributed by atoms with van der Waals surface area (Å²) in [6.45, 7) is 4.13. The SMILES string of the molecule is CCN(CC1CCC1)C(C(C)N)C(F)(F)F. The van der Waals surface area contributed by atoms with E-state index in [1.807, 2.05) is 0 Å². The lowest BCUT2D eigenvalue weighted by molar-refractivity contribution is -0.190. The first-order valence-corrected chi connectivity index (χ1v) is 5.92. The Morgan fingerprint density at radius 2 is 1.94 bits per heavy atom. The molecule has 0 aromatic heterocycles. The van der Waals surface area contributed by atoms with E-state index in [9.17, 15) is 13.2 Å². The van der Waals surface area contributed by atoms with Crippen LogP contribution in [0.2, 0.25) is 0 Å². The van der Waals surface area contributed by atoms with Gasteiger partial charge in [-0.25, -0.2) is 0 Å². The molecule has 0 saturated heterocycles. The standard InChI is InChI=1S/C11H21F3N2/c1-3-16(7-9-5-4-6-9)10(8(2)15)11(12,13)14/h8-10H,3-7,15H2,1-2H3. The molecular formula is C11H21F3N2. The molecule has 2 N–H and O–H groups in total. The molecule has 1 rings (SSSR count). The first kappa shape index (κ1) is 13.8. The van der Waals surface area contributed by atoms with Gasteiger partial charge in [-0.2, -0.15) is 13.2 Å². The normalized spacial score (nSPS) is 21.9. The Balaban J connectivity index is 2.64. The Labute approximate surface area is 95.0 Å². The molecule has 0 radical (unpaired) electrons. The van der Waals surface area contributed by atoms with Crippen molar-refractivity contribution in [1.82, 2.24) is 4.90 Å². The van der Waals surface area contributed by atoms with Crippen LogP contribution in [0.15, 0.2) is 0 Å². The highest BCUT2D eigenvalue weighted by atomic mass is 19.4. The summed E-state index contributed by atoms with van der Waals surface area (Å²) in [6, 6.07) is -2.38. The van der Waals surface area contributed by atoms with Crippen LogP contribution in [0.5, 0.6) is 0 Å². The third-order valence-electron chi connectivity index (χ3n) is 3.35. The number of nitrogens with zero attached hydrogens (tertiary/aromatic N) is 1. The minimum Gasteiger partial charge on any atom is -0.326 e. The number of rotatable bonds is 5. The predicted molar refractivity (Wildman–Crippen MR) is 58.1 cm³/mol. The van der Waals surface area contributed by atoms with E-state index in [2.05, 4.69) is 0 Å². The number of alkyl halides is 3. The summed E-state index contributed by atoms with van der Waals surface area (Å²) < 4.78 is 38.6. The van der Waals surface area contributed by atoms with Crippen molar-refractivity contribution in [2.45, 2.75) is 51.4 Å². The van der Waals surface area contributed by atoms with E-state index >= 15 is 0 Å². The maximum atomic E-state index is 12.9. The Morgan fingerprint density at radius 3 is 2.19 bits per heavy atom. The van der Waals surface area contributed by atoms with Gasteiger partial charge in [0.2, 0.25) is 0 Å². The second-order valence-corrected chi connectivity index (χ2v) is 4.73. The van der Waals surface area contributed by atoms with Crippen LogP contribution in [0.1, 0.15) is 33.1 Å².